The quantitative estimate of drug-likeness (QED) is 0.343. The zero-order valence-corrected chi connectivity index (χ0v) is 6.96. The van der Waals surface area contributed by atoms with E-state index in [1.54, 1.807) is 0 Å². The van der Waals surface area contributed by atoms with Crippen LogP contribution in [0.4, 0.5) is 4.79 Å². The Bertz CT molecular complexity index is 80.4. The summed E-state index contributed by atoms with van der Waals surface area (Å²) < 4.78 is 16.8. The van der Waals surface area contributed by atoms with Crippen LogP contribution in [0.1, 0.15) is 0 Å². The Balaban J connectivity index is -0.0000000575. The Morgan fingerprint density at radius 2 is 1.25 bits per heavy atom. The Hall–Kier alpha value is 0.347. The zero-order chi connectivity index (χ0) is 6.28. The van der Waals surface area contributed by atoms with E-state index in [9.17, 15) is 0 Å². The maximum atomic E-state index is 8.40. The maximum absolute atomic E-state index is 8.40. The molecule has 0 aliphatic heterocycles. The molecule has 8 heavy (non-hydrogen) atoms. The minimum absolute atomic E-state index is 0. The van der Waals surface area contributed by atoms with Crippen molar-refractivity contribution in [3.63, 3.8) is 0 Å². The molecule has 0 N–H and O–H groups in total. The van der Waals surface area contributed by atoms with Crippen molar-refractivity contribution in [2.24, 2.45) is 0 Å². The summed E-state index contributed by atoms with van der Waals surface area (Å²) in [6, 6.07) is 0. The molecule has 0 saturated heterocycles. The van der Waals surface area contributed by atoms with E-state index in [-0.39, 0.29) is 37.7 Å². The van der Waals surface area contributed by atoms with Gasteiger partial charge in [-0.2, -0.15) is 0 Å². The van der Waals surface area contributed by atoms with E-state index < -0.39 is 15.4 Å². The van der Waals surface area contributed by atoms with E-state index in [0.29, 0.717) is 0 Å². The Morgan fingerprint density at radius 1 is 1.25 bits per heavy atom. The van der Waals surface area contributed by atoms with E-state index in [1.165, 1.54) is 0 Å². The summed E-state index contributed by atoms with van der Waals surface area (Å²) in [5.41, 5.74) is 0. The molecule has 40 valence electrons. The summed E-state index contributed by atoms with van der Waals surface area (Å²) in [4.78, 5) is 8.33. The molecule has 0 aromatic heterocycles. The van der Waals surface area contributed by atoms with E-state index in [2.05, 4.69) is 0 Å². The molecular weight excluding hydrogens is 160 g/mol. The number of carbonyl (C=O) groups is 1. The largest absolute Gasteiger partial charge is 2.00 e. The van der Waals surface area contributed by atoms with Crippen molar-refractivity contribution < 1.29 is 23.9 Å². The van der Waals surface area contributed by atoms with Crippen LogP contribution in [0.5, 0.6) is 0 Å². The van der Waals surface area contributed by atoms with Gasteiger partial charge in [0.05, 0.1) is 0 Å². The van der Waals surface area contributed by atoms with Gasteiger partial charge in [-0.1, -0.05) is 0 Å². The van der Waals surface area contributed by atoms with Crippen LogP contribution in [-0.4, -0.2) is 53.2 Å². The first-order valence-corrected chi connectivity index (χ1v) is 1.84. The third kappa shape index (κ3) is 1510. The second kappa shape index (κ2) is 15.7. The van der Waals surface area contributed by atoms with Crippen LogP contribution < -0.4 is 10.2 Å². The molecule has 0 saturated carbocycles. The topological polar surface area (TPSA) is 97.3 Å². The van der Waals surface area contributed by atoms with Gasteiger partial charge in [-0.25, -0.2) is 0 Å². The van der Waals surface area contributed by atoms with Crippen LogP contribution in [0.2, 0.25) is 0 Å². The van der Waals surface area contributed by atoms with Gasteiger partial charge in [0.25, 0.3) is 0 Å². The second-order valence-corrected chi connectivity index (χ2v) is 0.500. The molecule has 0 atom stereocenters. The van der Waals surface area contributed by atoms with Crippen LogP contribution in [0.15, 0.2) is 0 Å². The molecule has 0 aromatic carbocycles. The number of hydrogen-bond acceptors (Lipinski definition) is 5. The average molecular weight is 160 g/mol. The van der Waals surface area contributed by atoms with Gasteiger partial charge >= 0.3 is 47.0 Å². The Morgan fingerprint density at radius 3 is 1.25 bits per heavy atom. The fourth-order valence-corrected chi connectivity index (χ4v) is 0. The smallest absolute Gasteiger partial charge is 0.652 e. The number of hydrogen-bond donors (Lipinski definition) is 0. The first-order chi connectivity index (χ1) is 3.15. The van der Waals surface area contributed by atoms with Crippen molar-refractivity contribution in [2.45, 2.75) is 0 Å². The molecule has 0 fully saturated rings. The predicted octanol–water partition coefficient (Wildman–Crippen LogP) is -3.45. The van der Waals surface area contributed by atoms with E-state index in [0.717, 1.165) is 0 Å². The fraction of sp³-hybridized carbons (Fsp3) is 0. The molecule has 0 heterocycles. The minimum Gasteiger partial charge on any atom is -0.652 e. The molecule has 0 aliphatic carbocycles. The summed E-state index contributed by atoms with van der Waals surface area (Å²) in [6.07, 6.45) is -2.33. The Kier molecular flexibility index (Phi) is 30.9. The number of rotatable bonds is 0. The summed E-state index contributed by atoms with van der Waals surface area (Å²) in [7, 11) is -1.42. The molecule has 0 aromatic rings. The van der Waals surface area contributed by atoms with Crippen molar-refractivity contribution in [1.29, 1.82) is 0 Å². The van der Waals surface area contributed by atoms with Crippen LogP contribution in [0.25, 0.3) is 0 Å². The van der Waals surface area contributed by atoms with Gasteiger partial charge < -0.3 is 15.0 Å². The van der Waals surface area contributed by atoms with Gasteiger partial charge in [-0.05, 0) is 6.16 Å². The molecule has 5 nitrogen and oxygen atoms in total. The van der Waals surface area contributed by atoms with Gasteiger partial charge in [-0.15, -0.1) is 0 Å². The number of carboxylic acid groups (broad SMARTS) is 2. The van der Waals surface area contributed by atoms with Crippen molar-refractivity contribution in [3.8, 4) is 0 Å². The monoisotopic (exact) mass is 160 g/mol. The van der Waals surface area contributed by atoms with Crippen LogP contribution >= 0.6 is 0 Å². The average Bonchev–Trinajstić information content (AvgIpc) is 1.33. The maximum Gasteiger partial charge on any atom is 2.00 e. The third-order valence-electron chi connectivity index (χ3n) is 0. The predicted molar refractivity (Wildman–Crippen MR) is 18.3 cm³/mol. The fourth-order valence-electron chi connectivity index (χ4n) is 0. The molecule has 0 unspecified atom stereocenters. The van der Waals surface area contributed by atoms with Crippen molar-refractivity contribution in [2.75, 3.05) is 0 Å². The van der Waals surface area contributed by atoms with E-state index >= 15 is 0 Å². The van der Waals surface area contributed by atoms with E-state index in [4.69, 9.17) is 23.9 Å². The normalized spacial score (nSPS) is 4.00. The standard InChI is InChI=1S/CH2O3.Ca.O2Si/c2-1(3)4;;1-3-2/h(H2,2,3,4);;/q;+2;/p-2. The molecule has 0 aliphatic rings. The SMILES string of the molecule is O=C([O-])[O-].O=[Si]=O.[Ca+2]. The van der Waals surface area contributed by atoms with Gasteiger partial charge in [0, 0.05) is 0 Å². The molecule has 0 amide bonds. The first kappa shape index (κ1) is 15.8. The summed E-state index contributed by atoms with van der Waals surface area (Å²) in [5.74, 6) is 0. The molecule has 0 bridgehead atoms. The first-order valence-electron chi connectivity index (χ1n) is 1.02. The second-order valence-electron chi connectivity index (χ2n) is 0.333. The van der Waals surface area contributed by atoms with E-state index in [1.807, 2.05) is 0 Å². The van der Waals surface area contributed by atoms with Crippen molar-refractivity contribution in [3.05, 3.63) is 0 Å². The molecule has 7 heteroatoms. The Labute approximate surface area is 76.6 Å². The van der Waals surface area contributed by atoms with Crippen LogP contribution in [0, 0.1) is 0 Å². The molecule has 0 spiro atoms. The molecular formula is CCaO5Si. The van der Waals surface area contributed by atoms with Gasteiger partial charge in [0.15, 0.2) is 0 Å². The van der Waals surface area contributed by atoms with Crippen molar-refractivity contribution in [1.82, 2.24) is 0 Å². The van der Waals surface area contributed by atoms with Crippen LogP contribution in [-0.2, 0) is 8.92 Å². The number of carbonyl (C=O) groups excluding carboxylic acids is 1. The third-order valence-corrected chi connectivity index (χ3v) is 0. The molecule has 0 rings (SSSR count). The zero-order valence-electron chi connectivity index (χ0n) is 3.75. The van der Waals surface area contributed by atoms with Crippen LogP contribution in [0.3, 0.4) is 0 Å². The summed E-state index contributed by atoms with van der Waals surface area (Å²) in [6.45, 7) is 0. The molecule has 0 radical (unpaired) electrons. The summed E-state index contributed by atoms with van der Waals surface area (Å²) in [5, 5.41) is 16.7. The summed E-state index contributed by atoms with van der Waals surface area (Å²) >= 11 is 0. The van der Waals surface area contributed by atoms with Gasteiger partial charge in [0.2, 0.25) is 0 Å². The van der Waals surface area contributed by atoms with Gasteiger partial charge in [-0.3, -0.25) is 8.92 Å². The minimum atomic E-state index is -2.33. The van der Waals surface area contributed by atoms with Gasteiger partial charge in [0.1, 0.15) is 0 Å². The van der Waals surface area contributed by atoms with Crippen molar-refractivity contribution >= 4 is 53.2 Å².